The zero-order chi connectivity index (χ0) is 20.4. The lowest BCUT2D eigenvalue weighted by Crippen LogP contribution is -2.33. The first kappa shape index (κ1) is 18.8. The fourth-order valence-corrected chi connectivity index (χ4v) is 3.47. The average molecular weight is 406 g/mol. The van der Waals surface area contributed by atoms with Crippen molar-refractivity contribution >= 4 is 22.4 Å². The Morgan fingerprint density at radius 1 is 1.14 bits per heavy atom. The van der Waals surface area contributed by atoms with E-state index in [9.17, 15) is 9.59 Å². The molecule has 1 amide bonds. The average Bonchev–Trinajstić information content (AvgIpc) is 3.40. The molecule has 1 atom stereocenters. The third-order valence-electron chi connectivity index (χ3n) is 4.43. The summed E-state index contributed by atoms with van der Waals surface area (Å²) >= 11 is 1.28. The van der Waals surface area contributed by atoms with Crippen molar-refractivity contribution in [2.24, 2.45) is 0 Å². The Bertz CT molecular complexity index is 1190. The van der Waals surface area contributed by atoms with Gasteiger partial charge in [0.15, 0.2) is 10.9 Å². The number of aromatic nitrogens is 3. The number of hydrogen-bond acceptors (Lipinski definition) is 6. The second-order valence-electron chi connectivity index (χ2n) is 6.55. The minimum Gasteiger partial charge on any atom is -0.463 e. The molecule has 146 valence electrons. The standard InChI is InChI=1S/C21H18N4O3S/c1-13-5-7-15(8-6-13)16-9-10-19(26)25(24-16)14(2)20(27)23-21-22-17(12-29-21)18-4-3-11-28-18/h3-12,14H,1-2H3,(H,22,23,27). The third kappa shape index (κ3) is 4.02. The van der Waals surface area contributed by atoms with Crippen molar-refractivity contribution in [3.63, 3.8) is 0 Å². The largest absolute Gasteiger partial charge is 0.463 e. The smallest absolute Gasteiger partial charge is 0.267 e. The molecule has 3 aromatic heterocycles. The molecule has 4 rings (SSSR count). The van der Waals surface area contributed by atoms with Crippen LogP contribution in [0.15, 0.2) is 69.4 Å². The summed E-state index contributed by atoms with van der Waals surface area (Å²) in [7, 11) is 0. The predicted molar refractivity (Wildman–Crippen MR) is 112 cm³/mol. The molecule has 29 heavy (non-hydrogen) atoms. The topological polar surface area (TPSA) is 90.0 Å². The number of aryl methyl sites for hydroxylation is 1. The number of carbonyl (C=O) groups is 1. The first-order valence-corrected chi connectivity index (χ1v) is 9.86. The number of rotatable bonds is 5. The van der Waals surface area contributed by atoms with Gasteiger partial charge in [0.25, 0.3) is 11.5 Å². The molecule has 0 radical (unpaired) electrons. The van der Waals surface area contributed by atoms with E-state index in [4.69, 9.17) is 4.42 Å². The van der Waals surface area contributed by atoms with Gasteiger partial charge in [-0.25, -0.2) is 9.67 Å². The van der Waals surface area contributed by atoms with Crippen LogP contribution in [0.25, 0.3) is 22.7 Å². The van der Waals surface area contributed by atoms with Crippen molar-refractivity contribution < 1.29 is 9.21 Å². The van der Waals surface area contributed by atoms with E-state index in [2.05, 4.69) is 15.4 Å². The minimum absolute atomic E-state index is 0.348. The van der Waals surface area contributed by atoms with Crippen LogP contribution in [0.5, 0.6) is 0 Å². The van der Waals surface area contributed by atoms with Gasteiger partial charge in [0.2, 0.25) is 0 Å². The molecule has 4 aromatic rings. The minimum atomic E-state index is -0.802. The van der Waals surface area contributed by atoms with Crippen molar-refractivity contribution in [2.75, 3.05) is 5.32 Å². The van der Waals surface area contributed by atoms with Crippen LogP contribution in [0.2, 0.25) is 0 Å². The van der Waals surface area contributed by atoms with Crippen molar-refractivity contribution in [2.45, 2.75) is 19.9 Å². The van der Waals surface area contributed by atoms with Crippen LogP contribution < -0.4 is 10.9 Å². The Hall–Kier alpha value is -3.52. The van der Waals surface area contributed by atoms with E-state index >= 15 is 0 Å². The molecule has 0 bridgehead atoms. The van der Waals surface area contributed by atoms with Crippen molar-refractivity contribution in [3.8, 4) is 22.7 Å². The molecule has 7 nitrogen and oxygen atoms in total. The van der Waals surface area contributed by atoms with Crippen LogP contribution in [0.1, 0.15) is 18.5 Å². The Morgan fingerprint density at radius 3 is 2.66 bits per heavy atom. The van der Waals surface area contributed by atoms with E-state index in [1.807, 2.05) is 31.2 Å². The highest BCUT2D eigenvalue weighted by atomic mass is 32.1. The van der Waals surface area contributed by atoms with Crippen molar-refractivity contribution in [1.29, 1.82) is 0 Å². The summed E-state index contributed by atoms with van der Waals surface area (Å²) < 4.78 is 6.50. The summed E-state index contributed by atoms with van der Waals surface area (Å²) in [4.78, 5) is 29.3. The van der Waals surface area contributed by atoms with Gasteiger partial charge in [0.05, 0.1) is 12.0 Å². The van der Waals surface area contributed by atoms with E-state index in [1.54, 1.807) is 36.8 Å². The quantitative estimate of drug-likeness (QED) is 0.538. The lowest BCUT2D eigenvalue weighted by Gasteiger charge is -2.14. The highest BCUT2D eigenvalue weighted by Gasteiger charge is 2.20. The molecule has 1 N–H and O–H groups in total. The van der Waals surface area contributed by atoms with Crippen LogP contribution >= 0.6 is 11.3 Å². The maximum absolute atomic E-state index is 12.7. The predicted octanol–water partition coefficient (Wildman–Crippen LogP) is 4.13. The Labute approximate surface area is 170 Å². The summed E-state index contributed by atoms with van der Waals surface area (Å²) in [6.07, 6.45) is 1.56. The van der Waals surface area contributed by atoms with Gasteiger partial charge < -0.3 is 9.73 Å². The number of anilines is 1. The maximum Gasteiger partial charge on any atom is 0.267 e. The summed E-state index contributed by atoms with van der Waals surface area (Å²) in [5, 5.41) is 9.36. The molecule has 0 saturated heterocycles. The van der Waals surface area contributed by atoms with Crippen LogP contribution in [0.3, 0.4) is 0 Å². The number of furan rings is 1. The molecule has 0 aliphatic rings. The number of nitrogens with zero attached hydrogens (tertiary/aromatic N) is 3. The number of amides is 1. The molecule has 3 heterocycles. The third-order valence-corrected chi connectivity index (χ3v) is 5.18. The van der Waals surface area contributed by atoms with Gasteiger partial charge in [0.1, 0.15) is 11.7 Å². The van der Waals surface area contributed by atoms with Crippen LogP contribution in [0, 0.1) is 6.92 Å². The Morgan fingerprint density at radius 2 is 1.93 bits per heavy atom. The fraction of sp³-hybridized carbons (Fsp3) is 0.143. The lowest BCUT2D eigenvalue weighted by molar-refractivity contribution is -0.119. The maximum atomic E-state index is 12.7. The van der Waals surface area contributed by atoms with Crippen LogP contribution in [-0.2, 0) is 4.79 Å². The zero-order valence-electron chi connectivity index (χ0n) is 15.8. The first-order valence-electron chi connectivity index (χ1n) is 8.98. The van der Waals surface area contributed by atoms with E-state index in [-0.39, 0.29) is 11.5 Å². The van der Waals surface area contributed by atoms with Gasteiger partial charge in [-0.05, 0) is 32.0 Å². The van der Waals surface area contributed by atoms with Gasteiger partial charge in [-0.3, -0.25) is 9.59 Å². The number of thiazole rings is 1. The van der Waals surface area contributed by atoms with Gasteiger partial charge in [0, 0.05) is 17.0 Å². The van der Waals surface area contributed by atoms with Gasteiger partial charge in [-0.2, -0.15) is 5.10 Å². The SMILES string of the molecule is Cc1ccc(-c2ccc(=O)n(C(C)C(=O)Nc3nc(-c4ccco4)cs3)n2)cc1. The summed E-state index contributed by atoms with van der Waals surface area (Å²) in [6.45, 7) is 3.63. The second kappa shape index (κ2) is 7.84. The number of nitrogens with one attached hydrogen (secondary N) is 1. The first-order chi connectivity index (χ1) is 14.0. The molecule has 1 unspecified atom stereocenters. The molecular weight excluding hydrogens is 388 g/mol. The molecule has 0 saturated carbocycles. The van der Waals surface area contributed by atoms with E-state index in [0.29, 0.717) is 22.3 Å². The normalized spacial score (nSPS) is 11.9. The number of hydrogen-bond donors (Lipinski definition) is 1. The molecular formula is C21H18N4O3S. The molecule has 0 fully saturated rings. The Kier molecular flexibility index (Phi) is 5.09. The van der Waals surface area contributed by atoms with Crippen LogP contribution in [-0.4, -0.2) is 20.7 Å². The number of carbonyl (C=O) groups excluding carboxylic acids is 1. The summed E-state index contributed by atoms with van der Waals surface area (Å²) in [5.74, 6) is 0.250. The van der Waals surface area contributed by atoms with Crippen molar-refractivity contribution in [3.05, 3.63) is 76.1 Å². The lowest BCUT2D eigenvalue weighted by atomic mass is 10.1. The number of benzene rings is 1. The highest BCUT2D eigenvalue weighted by Crippen LogP contribution is 2.25. The molecule has 0 aliphatic heterocycles. The van der Waals surface area contributed by atoms with E-state index in [1.165, 1.54) is 22.1 Å². The molecule has 8 heteroatoms. The second-order valence-corrected chi connectivity index (χ2v) is 7.41. The summed E-state index contributed by atoms with van der Waals surface area (Å²) in [5.41, 5.74) is 2.92. The van der Waals surface area contributed by atoms with Gasteiger partial charge >= 0.3 is 0 Å². The van der Waals surface area contributed by atoms with Gasteiger partial charge in [-0.15, -0.1) is 11.3 Å². The fourth-order valence-electron chi connectivity index (χ4n) is 2.77. The molecule has 0 spiro atoms. The Balaban J connectivity index is 1.55. The molecule has 0 aliphatic carbocycles. The van der Waals surface area contributed by atoms with E-state index in [0.717, 1.165) is 11.1 Å². The zero-order valence-corrected chi connectivity index (χ0v) is 16.6. The monoisotopic (exact) mass is 406 g/mol. The summed E-state index contributed by atoms with van der Waals surface area (Å²) in [6, 6.07) is 13.7. The van der Waals surface area contributed by atoms with Gasteiger partial charge in [-0.1, -0.05) is 29.8 Å². The van der Waals surface area contributed by atoms with Crippen molar-refractivity contribution in [1.82, 2.24) is 14.8 Å². The highest BCUT2D eigenvalue weighted by molar-refractivity contribution is 7.14. The van der Waals surface area contributed by atoms with Crippen LogP contribution in [0.4, 0.5) is 5.13 Å². The van der Waals surface area contributed by atoms with E-state index < -0.39 is 6.04 Å². The molecule has 1 aromatic carbocycles.